The molecule has 0 bridgehead atoms. The van der Waals surface area contributed by atoms with E-state index in [2.05, 4.69) is 65.8 Å². The maximum atomic E-state index is 2.32. The summed E-state index contributed by atoms with van der Waals surface area (Å²) in [6, 6.07) is 2.31. The summed E-state index contributed by atoms with van der Waals surface area (Å²) in [5.41, 5.74) is 8.65. The number of hydrogen-bond acceptors (Lipinski definition) is 0. The lowest BCUT2D eigenvalue weighted by Gasteiger charge is -2.13. The van der Waals surface area contributed by atoms with Gasteiger partial charge in [0.25, 0.3) is 0 Å². The molecule has 0 nitrogen and oxygen atoms in total. The van der Waals surface area contributed by atoms with Gasteiger partial charge in [0.1, 0.15) is 0 Å². The van der Waals surface area contributed by atoms with Gasteiger partial charge in [0.15, 0.2) is 0 Å². The predicted octanol–water partition coefficient (Wildman–Crippen LogP) is 6.79. The van der Waals surface area contributed by atoms with Crippen molar-refractivity contribution in [3.8, 4) is 0 Å². The van der Waals surface area contributed by atoms with Crippen molar-refractivity contribution in [2.75, 3.05) is 0 Å². The van der Waals surface area contributed by atoms with Crippen molar-refractivity contribution >= 4 is 0 Å². The second kappa shape index (κ2) is 10.4. The van der Waals surface area contributed by atoms with E-state index in [0.717, 1.165) is 19.3 Å². The molecule has 0 radical (unpaired) electrons. The van der Waals surface area contributed by atoms with Crippen LogP contribution in [0.15, 0.2) is 29.9 Å². The smallest absolute Gasteiger partial charge is 0.00921 e. The Bertz CT molecular complexity index is 483. The van der Waals surface area contributed by atoms with E-state index in [1.54, 1.807) is 0 Å². The summed E-state index contributed by atoms with van der Waals surface area (Å²) >= 11 is 0. The molecule has 0 unspecified atom stereocenters. The highest BCUT2D eigenvalue weighted by atomic mass is 14.1. The Balaban J connectivity index is 0.00000191. The van der Waals surface area contributed by atoms with Crippen molar-refractivity contribution in [2.24, 2.45) is 0 Å². The molecule has 0 atom stereocenters. The average molecular weight is 287 g/mol. The van der Waals surface area contributed by atoms with Crippen molar-refractivity contribution < 1.29 is 0 Å². The maximum Gasteiger partial charge on any atom is -0.00921 e. The van der Waals surface area contributed by atoms with Gasteiger partial charge in [-0.2, -0.15) is 0 Å². The quantitative estimate of drug-likeness (QED) is 0.413. The predicted molar refractivity (Wildman–Crippen MR) is 98.2 cm³/mol. The van der Waals surface area contributed by atoms with Crippen molar-refractivity contribution in [3.05, 3.63) is 57.7 Å². The van der Waals surface area contributed by atoms with Crippen LogP contribution < -0.4 is 0 Å². The van der Waals surface area contributed by atoms with Crippen LogP contribution in [0.2, 0.25) is 0 Å². The molecule has 21 heavy (non-hydrogen) atoms. The molecule has 0 aliphatic rings. The summed E-state index contributed by atoms with van der Waals surface area (Å²) in [6.07, 6.45) is 10.3. The first-order chi connectivity index (χ1) is 9.93. The summed E-state index contributed by atoms with van der Waals surface area (Å²) in [6.45, 7) is 17.2. The molecular weight excluding hydrogens is 252 g/mol. The Morgan fingerprint density at radius 3 is 2.05 bits per heavy atom. The zero-order valence-electron chi connectivity index (χ0n) is 15.4. The first-order valence-corrected chi connectivity index (χ1v) is 8.28. The lowest BCUT2D eigenvalue weighted by Crippen LogP contribution is -1.97. The Kier molecular flexibility index (Phi) is 9.78. The third-order valence-corrected chi connectivity index (χ3v) is 3.89. The zero-order chi connectivity index (χ0) is 16.4. The molecular formula is C21H34. The van der Waals surface area contributed by atoms with Crippen LogP contribution in [-0.2, 0) is 6.42 Å². The Morgan fingerprint density at radius 1 is 0.857 bits per heavy atom. The van der Waals surface area contributed by atoms with Gasteiger partial charge in [-0.05, 0) is 88.6 Å². The third kappa shape index (κ3) is 6.80. The molecule has 1 aromatic rings. The number of unbranched alkanes of at least 4 members (excludes halogenated alkanes) is 1. The van der Waals surface area contributed by atoms with Gasteiger partial charge >= 0.3 is 0 Å². The van der Waals surface area contributed by atoms with Gasteiger partial charge in [-0.15, -0.1) is 0 Å². The van der Waals surface area contributed by atoms with E-state index in [1.165, 1.54) is 33.4 Å². The first kappa shape index (κ1) is 19.7. The SMILES string of the molecule is CC.CC(C)=CCC/C=C\Cc1c(C)cc(C)c(C)c1C. The molecule has 0 heteroatoms. The van der Waals surface area contributed by atoms with E-state index in [0.29, 0.717) is 0 Å². The molecule has 0 N–H and O–H groups in total. The van der Waals surface area contributed by atoms with Crippen LogP contribution in [0.25, 0.3) is 0 Å². The lowest BCUT2D eigenvalue weighted by molar-refractivity contribution is 1.02. The van der Waals surface area contributed by atoms with Crippen molar-refractivity contribution in [1.29, 1.82) is 0 Å². The number of allylic oxidation sites excluding steroid dienone is 4. The van der Waals surface area contributed by atoms with Crippen LogP contribution in [0.4, 0.5) is 0 Å². The van der Waals surface area contributed by atoms with Gasteiger partial charge in [0.05, 0.1) is 0 Å². The minimum Gasteiger partial charge on any atom is -0.0879 e. The minimum atomic E-state index is 1.06. The van der Waals surface area contributed by atoms with E-state index >= 15 is 0 Å². The molecule has 0 aromatic heterocycles. The van der Waals surface area contributed by atoms with Gasteiger partial charge in [0.2, 0.25) is 0 Å². The van der Waals surface area contributed by atoms with Gasteiger partial charge in [-0.1, -0.05) is 43.7 Å². The van der Waals surface area contributed by atoms with Crippen LogP contribution in [0.5, 0.6) is 0 Å². The van der Waals surface area contributed by atoms with E-state index in [1.807, 2.05) is 13.8 Å². The number of rotatable bonds is 5. The van der Waals surface area contributed by atoms with Crippen LogP contribution in [0.1, 0.15) is 68.4 Å². The second-order valence-corrected chi connectivity index (χ2v) is 5.77. The Labute approximate surface area is 133 Å². The zero-order valence-corrected chi connectivity index (χ0v) is 15.4. The third-order valence-electron chi connectivity index (χ3n) is 3.89. The molecule has 0 amide bonds. The monoisotopic (exact) mass is 286 g/mol. The van der Waals surface area contributed by atoms with Crippen LogP contribution >= 0.6 is 0 Å². The highest BCUT2D eigenvalue weighted by Gasteiger charge is 2.06. The van der Waals surface area contributed by atoms with Crippen LogP contribution in [0, 0.1) is 27.7 Å². The molecule has 0 heterocycles. The molecule has 0 spiro atoms. The van der Waals surface area contributed by atoms with Crippen LogP contribution in [0.3, 0.4) is 0 Å². The average Bonchev–Trinajstić information content (AvgIpc) is 2.45. The molecule has 0 aliphatic carbocycles. The van der Waals surface area contributed by atoms with Gasteiger partial charge in [-0.25, -0.2) is 0 Å². The molecule has 0 saturated heterocycles. The number of hydrogen-bond donors (Lipinski definition) is 0. The summed E-state index contributed by atoms with van der Waals surface area (Å²) in [7, 11) is 0. The Morgan fingerprint density at radius 2 is 1.48 bits per heavy atom. The lowest BCUT2D eigenvalue weighted by atomic mass is 9.92. The summed E-state index contributed by atoms with van der Waals surface area (Å²) in [5.74, 6) is 0. The van der Waals surface area contributed by atoms with E-state index in [9.17, 15) is 0 Å². The van der Waals surface area contributed by atoms with E-state index < -0.39 is 0 Å². The molecule has 0 saturated carbocycles. The molecule has 118 valence electrons. The fraction of sp³-hybridized carbons (Fsp3) is 0.524. The summed E-state index contributed by atoms with van der Waals surface area (Å²) in [4.78, 5) is 0. The van der Waals surface area contributed by atoms with E-state index in [4.69, 9.17) is 0 Å². The molecule has 0 aliphatic heterocycles. The van der Waals surface area contributed by atoms with Gasteiger partial charge in [-0.3, -0.25) is 0 Å². The fourth-order valence-corrected chi connectivity index (χ4v) is 2.44. The molecule has 0 fully saturated rings. The Hall–Kier alpha value is -1.30. The first-order valence-electron chi connectivity index (χ1n) is 8.28. The highest BCUT2D eigenvalue weighted by molar-refractivity contribution is 5.44. The number of aryl methyl sites for hydroxylation is 2. The maximum absolute atomic E-state index is 2.32. The number of benzene rings is 1. The minimum absolute atomic E-state index is 1.06. The van der Waals surface area contributed by atoms with Gasteiger partial charge in [0, 0.05) is 0 Å². The second-order valence-electron chi connectivity index (χ2n) is 5.77. The molecule has 1 aromatic carbocycles. The molecule has 1 rings (SSSR count). The topological polar surface area (TPSA) is 0 Å². The van der Waals surface area contributed by atoms with Crippen LogP contribution in [-0.4, -0.2) is 0 Å². The summed E-state index contributed by atoms with van der Waals surface area (Å²) < 4.78 is 0. The highest BCUT2D eigenvalue weighted by Crippen LogP contribution is 2.22. The largest absolute Gasteiger partial charge is 0.0879 e. The van der Waals surface area contributed by atoms with Crippen molar-refractivity contribution in [1.82, 2.24) is 0 Å². The normalized spacial score (nSPS) is 10.3. The fourth-order valence-electron chi connectivity index (χ4n) is 2.44. The van der Waals surface area contributed by atoms with Gasteiger partial charge < -0.3 is 0 Å². The van der Waals surface area contributed by atoms with Crippen molar-refractivity contribution in [3.63, 3.8) is 0 Å². The summed E-state index contributed by atoms with van der Waals surface area (Å²) in [5, 5.41) is 0. The standard InChI is InChI=1S/C19H28.C2H6/c1-14(2)11-9-7-8-10-12-19-16(4)13-15(3)17(5)18(19)6;1-2/h8,10-11,13H,7,9,12H2,1-6H3;1-2H3/b10-8-;. The van der Waals surface area contributed by atoms with E-state index in [-0.39, 0.29) is 0 Å². The van der Waals surface area contributed by atoms with Crippen molar-refractivity contribution in [2.45, 2.75) is 74.7 Å².